The average molecular weight is 384 g/mol. The fraction of sp³-hybridized carbons (Fsp3) is 0.143. The lowest BCUT2D eigenvalue weighted by molar-refractivity contribution is 0.601. The van der Waals surface area contributed by atoms with Crippen LogP contribution in [0.4, 0.5) is 0 Å². The summed E-state index contributed by atoms with van der Waals surface area (Å²) in [4.78, 5) is 0.0203. The number of hydrogen-bond donors (Lipinski definition) is 1. The van der Waals surface area contributed by atoms with Crippen LogP contribution in [0, 0.1) is 6.92 Å². The van der Waals surface area contributed by atoms with Gasteiger partial charge in [0.25, 0.3) is 0 Å². The van der Waals surface area contributed by atoms with Crippen molar-refractivity contribution in [3.8, 4) is 0 Å². The largest absolute Gasteiger partial charge is 0.223 e. The first kappa shape index (κ1) is 18.7. The molecule has 0 radical (unpaired) electrons. The Bertz CT molecular complexity index is 678. The predicted molar refractivity (Wildman–Crippen MR) is 93.7 cm³/mol. The minimum atomic E-state index is -3.42. The van der Waals surface area contributed by atoms with Crippen LogP contribution in [0.1, 0.15) is 5.56 Å². The van der Waals surface area contributed by atoms with Gasteiger partial charge in [-0.25, -0.2) is 8.42 Å². The van der Waals surface area contributed by atoms with Crippen molar-refractivity contribution in [2.45, 2.75) is 11.8 Å². The lowest BCUT2D eigenvalue weighted by Crippen LogP contribution is -2.02. The molecule has 21 heavy (non-hydrogen) atoms. The molecule has 0 saturated carbocycles. The van der Waals surface area contributed by atoms with Crippen LogP contribution in [0.15, 0.2) is 47.4 Å². The van der Waals surface area contributed by atoms with Crippen LogP contribution < -0.4 is 0 Å². The van der Waals surface area contributed by atoms with Gasteiger partial charge in [-0.15, -0.1) is 0 Å². The molecule has 114 valence electrons. The van der Waals surface area contributed by atoms with Crippen LogP contribution in [0.2, 0.25) is 15.1 Å². The molecule has 2 rings (SSSR count). The van der Waals surface area contributed by atoms with Gasteiger partial charge in [-0.2, -0.15) is 12.6 Å². The molecule has 0 amide bonds. The zero-order valence-corrected chi connectivity index (χ0v) is 15.0. The van der Waals surface area contributed by atoms with E-state index in [-0.39, 0.29) is 25.0 Å². The normalized spacial score (nSPS) is 10.7. The van der Waals surface area contributed by atoms with Crippen LogP contribution in [-0.4, -0.2) is 13.5 Å². The summed E-state index contributed by atoms with van der Waals surface area (Å²) in [5, 5.41) is 0.0619. The number of aryl methyl sites for hydroxylation is 1. The number of hydrogen-bond acceptors (Lipinski definition) is 3. The fourth-order valence-electron chi connectivity index (χ4n) is 1.32. The minimum Gasteiger partial charge on any atom is -0.223 e. The first-order valence-corrected chi connectivity index (χ1v) is 9.19. The number of halogens is 3. The van der Waals surface area contributed by atoms with E-state index in [0.29, 0.717) is 0 Å². The lowest BCUT2D eigenvalue weighted by atomic mass is 10.2. The number of thiol groups is 1. The van der Waals surface area contributed by atoms with Crippen molar-refractivity contribution in [2.75, 3.05) is 5.08 Å². The molecule has 7 heteroatoms. The Morgan fingerprint density at radius 1 is 1.00 bits per heavy atom. The van der Waals surface area contributed by atoms with Gasteiger partial charge in [0.05, 0.1) is 25.0 Å². The first-order valence-electron chi connectivity index (χ1n) is 5.77. The minimum absolute atomic E-state index is 0.0203. The van der Waals surface area contributed by atoms with Gasteiger partial charge in [-0.3, -0.25) is 0 Å². The summed E-state index contributed by atoms with van der Waals surface area (Å²) < 4.78 is 22.8. The molecule has 0 aliphatic heterocycles. The van der Waals surface area contributed by atoms with Crippen molar-refractivity contribution in [3.05, 3.63) is 63.1 Å². The van der Waals surface area contributed by atoms with Crippen LogP contribution in [-0.2, 0) is 9.84 Å². The summed E-state index contributed by atoms with van der Waals surface area (Å²) in [7, 11) is -3.42. The van der Waals surface area contributed by atoms with Crippen LogP contribution in [0.25, 0.3) is 0 Å². The predicted octanol–water partition coefficient (Wildman–Crippen LogP) is 5.30. The smallest absolute Gasteiger partial charge is 0.187 e. The molecular weight excluding hydrogens is 371 g/mol. The Morgan fingerprint density at radius 2 is 1.48 bits per heavy atom. The number of benzene rings is 2. The van der Waals surface area contributed by atoms with E-state index in [1.165, 1.54) is 17.7 Å². The molecule has 0 aliphatic carbocycles. The maximum absolute atomic E-state index is 11.4. The van der Waals surface area contributed by atoms with E-state index in [4.69, 9.17) is 34.8 Å². The van der Waals surface area contributed by atoms with Gasteiger partial charge in [0, 0.05) is 0 Å². The molecule has 0 aromatic heterocycles. The molecule has 2 aromatic rings. The highest BCUT2D eigenvalue weighted by Gasteiger charge is 2.15. The van der Waals surface area contributed by atoms with Gasteiger partial charge in [0.1, 0.15) is 0 Å². The number of sulfone groups is 1. The zero-order chi connectivity index (χ0) is 16.0. The maximum Gasteiger partial charge on any atom is 0.187 e. The summed E-state index contributed by atoms with van der Waals surface area (Å²) in [6.45, 7) is 2.08. The van der Waals surface area contributed by atoms with Crippen LogP contribution >= 0.6 is 47.4 Å². The van der Waals surface area contributed by atoms with E-state index in [0.717, 1.165) is 0 Å². The third-order valence-corrected chi connectivity index (χ3v) is 5.94. The Labute approximate surface area is 145 Å². The summed E-state index contributed by atoms with van der Waals surface area (Å²) in [5.74, 6) is 0. The van der Waals surface area contributed by atoms with Crippen molar-refractivity contribution in [1.29, 1.82) is 0 Å². The molecule has 0 N–H and O–H groups in total. The summed E-state index contributed by atoms with van der Waals surface area (Å²) >= 11 is 20.7. The van der Waals surface area contributed by atoms with Crippen molar-refractivity contribution in [1.82, 2.24) is 0 Å². The van der Waals surface area contributed by atoms with Crippen molar-refractivity contribution in [2.24, 2.45) is 0 Å². The maximum atomic E-state index is 11.4. The second-order valence-electron chi connectivity index (χ2n) is 4.10. The van der Waals surface area contributed by atoms with E-state index in [1.807, 2.05) is 18.2 Å². The lowest BCUT2D eigenvalue weighted by Gasteiger charge is -2.04. The Hall–Kier alpha value is -0.390. The van der Waals surface area contributed by atoms with E-state index in [9.17, 15) is 8.42 Å². The molecule has 2 aromatic carbocycles. The van der Waals surface area contributed by atoms with E-state index in [2.05, 4.69) is 31.7 Å². The number of rotatable bonds is 2. The Morgan fingerprint density at radius 3 is 1.81 bits per heavy atom. The monoisotopic (exact) mass is 382 g/mol. The standard InChI is InChI=1S/C7H5Cl3O2S2.C7H8/c8-5-1-4(14(11,12)3-13)2-6(9)7(5)10;1-7-5-3-2-4-6-7/h1-2,13H,3H2;2-6H,1H3. The fourth-order valence-corrected chi connectivity index (χ4v) is 3.24. The summed E-state index contributed by atoms with van der Waals surface area (Å²) in [6, 6.07) is 12.8. The second-order valence-corrected chi connectivity index (χ2v) is 8.03. The highest BCUT2D eigenvalue weighted by Crippen LogP contribution is 2.33. The summed E-state index contributed by atoms with van der Waals surface area (Å²) in [6.07, 6.45) is 0. The highest BCUT2D eigenvalue weighted by molar-refractivity contribution is 8.03. The molecule has 0 atom stereocenters. The molecule has 0 bridgehead atoms. The van der Waals surface area contributed by atoms with Gasteiger partial charge in [0.2, 0.25) is 0 Å². The van der Waals surface area contributed by atoms with Gasteiger partial charge in [-0.05, 0) is 19.1 Å². The van der Waals surface area contributed by atoms with E-state index in [1.54, 1.807) is 0 Å². The molecule has 0 aliphatic rings. The molecule has 0 spiro atoms. The molecule has 0 heterocycles. The molecular formula is C14H13Cl3O2S2. The second kappa shape index (κ2) is 8.30. The first-order chi connectivity index (χ1) is 9.77. The SMILES string of the molecule is Cc1ccccc1.O=S(=O)(CS)c1cc(Cl)c(Cl)c(Cl)c1. The average Bonchev–Trinajstić information content (AvgIpc) is 2.45. The van der Waals surface area contributed by atoms with Crippen LogP contribution in [0.3, 0.4) is 0 Å². The molecule has 2 nitrogen and oxygen atoms in total. The van der Waals surface area contributed by atoms with Gasteiger partial charge < -0.3 is 0 Å². The van der Waals surface area contributed by atoms with E-state index < -0.39 is 9.84 Å². The quantitative estimate of drug-likeness (QED) is 0.564. The van der Waals surface area contributed by atoms with Crippen molar-refractivity contribution in [3.63, 3.8) is 0 Å². The molecule has 0 fully saturated rings. The van der Waals surface area contributed by atoms with E-state index >= 15 is 0 Å². The third kappa shape index (κ3) is 5.72. The molecule has 0 saturated heterocycles. The van der Waals surface area contributed by atoms with Crippen LogP contribution in [0.5, 0.6) is 0 Å². The highest BCUT2D eigenvalue weighted by atomic mass is 35.5. The van der Waals surface area contributed by atoms with Crippen molar-refractivity contribution >= 4 is 57.3 Å². The summed E-state index contributed by atoms with van der Waals surface area (Å²) in [5.41, 5.74) is 1.32. The Kier molecular flexibility index (Phi) is 7.37. The van der Waals surface area contributed by atoms with Gasteiger partial charge in [0.15, 0.2) is 9.84 Å². The third-order valence-electron chi connectivity index (χ3n) is 2.43. The molecule has 0 unspecified atom stereocenters. The Balaban J connectivity index is 0.000000262. The zero-order valence-electron chi connectivity index (χ0n) is 11.1. The van der Waals surface area contributed by atoms with Crippen molar-refractivity contribution < 1.29 is 8.42 Å². The van der Waals surface area contributed by atoms with Gasteiger partial charge in [-0.1, -0.05) is 70.7 Å². The van der Waals surface area contributed by atoms with Gasteiger partial charge >= 0.3 is 0 Å². The topological polar surface area (TPSA) is 34.1 Å².